The molecule has 3 heterocycles. The van der Waals surface area contributed by atoms with Gasteiger partial charge in [-0.2, -0.15) is 0 Å². The van der Waals surface area contributed by atoms with E-state index in [1.54, 1.807) is 31.2 Å². The number of carbonyl (C=O) groups is 5. The number of aromatic nitrogens is 2. The molecule has 1 saturated heterocycles. The molecule has 1 aromatic heterocycles. The molecule has 1 aromatic carbocycles. The van der Waals surface area contributed by atoms with Gasteiger partial charge in [0.1, 0.15) is 16.4 Å². The number of nitrogens with one attached hydrogen (secondary N) is 2. The van der Waals surface area contributed by atoms with Crippen molar-refractivity contribution in [2.75, 3.05) is 23.9 Å². The van der Waals surface area contributed by atoms with E-state index >= 15 is 0 Å². The molecule has 2 aliphatic rings. The second kappa shape index (κ2) is 14.5. The maximum Gasteiger partial charge on any atom is 1.00 e. The summed E-state index contributed by atoms with van der Waals surface area (Å²) in [5.74, 6) is -2.31. The largest absolute Gasteiger partial charge is 1.00 e. The first-order chi connectivity index (χ1) is 19.1. The average Bonchev–Trinajstić information content (AvgIpc) is 3.35. The number of likely N-dealkylation sites (N-methyl/N-ethyl adjacent to an activating group) is 1. The fraction of sp³-hybridized carbons (Fsp3) is 0.320. The summed E-state index contributed by atoms with van der Waals surface area (Å²) >= 11 is 4.10. The van der Waals surface area contributed by atoms with E-state index in [1.807, 2.05) is 6.92 Å². The molecule has 0 aliphatic carbocycles. The number of carboxylic acid groups (broad SMARTS) is 1. The first kappa shape index (κ1) is 32.8. The van der Waals surface area contributed by atoms with Crippen molar-refractivity contribution >= 4 is 70.3 Å². The molecule has 0 saturated carbocycles. The number of hydrogen-bond donors (Lipinski definition) is 2. The van der Waals surface area contributed by atoms with Gasteiger partial charge in [-0.05, 0) is 37.1 Å². The van der Waals surface area contributed by atoms with Crippen LogP contribution in [0, 0.1) is 6.92 Å². The van der Waals surface area contributed by atoms with Gasteiger partial charge in [0.05, 0.1) is 18.1 Å². The van der Waals surface area contributed by atoms with Crippen LogP contribution in [0.1, 0.15) is 17.5 Å². The number of β-lactam (4-membered cyclic amide) rings is 1. The number of allylic oxidation sites excluding steroid dienone is 1. The van der Waals surface area contributed by atoms with Crippen LogP contribution in [0.15, 0.2) is 52.0 Å². The summed E-state index contributed by atoms with van der Waals surface area (Å²) in [7, 11) is 1.33. The SMILES string of the molecule is C/C=C/C(=O)N(C)C(=O)Nc1ccccc1CC(=O)NC1C(=O)N2C(C(=O)[O-])=C(CSc3nnc(C)s3)CS[C@H]12.[Na+]. The zero-order valence-electron chi connectivity index (χ0n) is 22.7. The van der Waals surface area contributed by atoms with Crippen molar-refractivity contribution in [2.45, 2.75) is 36.0 Å². The van der Waals surface area contributed by atoms with Crippen LogP contribution in [0.25, 0.3) is 0 Å². The van der Waals surface area contributed by atoms with E-state index in [0.29, 0.717) is 32.7 Å². The van der Waals surface area contributed by atoms with Gasteiger partial charge in [-0.25, -0.2) is 4.79 Å². The zero-order chi connectivity index (χ0) is 29.0. The Morgan fingerprint density at radius 1 is 1.24 bits per heavy atom. The molecule has 0 bridgehead atoms. The number of aryl methyl sites for hydroxylation is 1. The Balaban J connectivity index is 0.00000462. The summed E-state index contributed by atoms with van der Waals surface area (Å²) in [4.78, 5) is 64.4. The minimum atomic E-state index is -1.45. The normalized spacial score (nSPS) is 17.8. The third-order valence-electron chi connectivity index (χ3n) is 5.99. The number of imide groups is 1. The van der Waals surface area contributed by atoms with Crippen LogP contribution in [0.3, 0.4) is 0 Å². The Bertz CT molecular complexity index is 1430. The van der Waals surface area contributed by atoms with E-state index in [-0.39, 0.29) is 41.7 Å². The summed E-state index contributed by atoms with van der Waals surface area (Å²) in [5.41, 5.74) is 1.19. The Morgan fingerprint density at radius 2 is 1.98 bits per heavy atom. The average molecular weight is 625 g/mol. The predicted octanol–water partition coefficient (Wildman–Crippen LogP) is -1.84. The smallest absolute Gasteiger partial charge is 0.543 e. The molecule has 1 unspecified atom stereocenters. The molecule has 16 heteroatoms. The number of amides is 5. The van der Waals surface area contributed by atoms with E-state index in [4.69, 9.17) is 0 Å². The van der Waals surface area contributed by atoms with E-state index in [9.17, 15) is 29.1 Å². The third kappa shape index (κ3) is 7.59. The molecule has 5 amide bonds. The number of carbonyl (C=O) groups excluding carboxylic acids is 5. The molecular weight excluding hydrogens is 600 g/mol. The fourth-order valence-electron chi connectivity index (χ4n) is 4.02. The van der Waals surface area contributed by atoms with Crippen LogP contribution in [-0.2, 0) is 25.6 Å². The number of aliphatic carboxylic acids is 1. The second-order valence-electron chi connectivity index (χ2n) is 8.73. The van der Waals surface area contributed by atoms with Crippen LogP contribution in [0.4, 0.5) is 10.5 Å². The number of carboxylic acids is 1. The number of thioether (sulfide) groups is 2. The van der Waals surface area contributed by atoms with Crippen LogP contribution in [0.2, 0.25) is 0 Å². The monoisotopic (exact) mass is 624 g/mol. The van der Waals surface area contributed by atoms with E-state index in [2.05, 4.69) is 20.8 Å². The van der Waals surface area contributed by atoms with Gasteiger partial charge in [0.25, 0.3) is 11.8 Å². The molecule has 2 N–H and O–H groups in total. The summed E-state index contributed by atoms with van der Waals surface area (Å²) < 4.78 is 0.697. The summed E-state index contributed by atoms with van der Waals surface area (Å²) in [6.07, 6.45) is 2.62. The molecule has 12 nitrogen and oxygen atoms in total. The van der Waals surface area contributed by atoms with Crippen molar-refractivity contribution in [1.29, 1.82) is 0 Å². The third-order valence-corrected chi connectivity index (χ3v) is 9.39. The standard InChI is InChI=1S/C25H26N6O6S3.Na/c1-4-7-18(33)30(3)24(37)26-16-9-6-5-8-14(16)10-17(32)27-19-21(34)31-20(23(35)36)15(11-38-22(19)31)12-39-25-29-28-13(2)40-25;/h4-9,19,22H,10-12H2,1-3H3,(H,26,37)(H,27,32)(H,35,36);/q;+1/p-1/b7-4+;/t19?,22-;/m1./s1. The zero-order valence-corrected chi connectivity index (χ0v) is 27.2. The molecule has 0 radical (unpaired) electrons. The Morgan fingerprint density at radius 3 is 2.63 bits per heavy atom. The van der Waals surface area contributed by atoms with Gasteiger partial charge in [0.15, 0.2) is 4.34 Å². The van der Waals surface area contributed by atoms with Gasteiger partial charge in [0.2, 0.25) is 5.91 Å². The first-order valence-electron chi connectivity index (χ1n) is 12.0. The number of fused-ring (bicyclic) bond motifs is 1. The second-order valence-corrected chi connectivity index (χ2v) is 12.2. The van der Waals surface area contributed by atoms with Crippen LogP contribution in [0.5, 0.6) is 0 Å². The number of nitrogens with zero attached hydrogens (tertiary/aromatic N) is 4. The van der Waals surface area contributed by atoms with E-state index in [1.165, 1.54) is 59.0 Å². The Hall–Kier alpha value is -2.69. The molecule has 2 aromatic rings. The first-order valence-corrected chi connectivity index (χ1v) is 14.8. The number of para-hydroxylation sites is 1. The van der Waals surface area contributed by atoms with Gasteiger partial charge in [-0.1, -0.05) is 47.4 Å². The number of hydrogen-bond acceptors (Lipinski definition) is 11. The van der Waals surface area contributed by atoms with E-state index in [0.717, 1.165) is 9.91 Å². The minimum absolute atomic E-state index is 0. The fourth-order valence-corrected chi connectivity index (χ4v) is 7.32. The van der Waals surface area contributed by atoms with Crippen molar-refractivity contribution in [2.24, 2.45) is 0 Å². The molecule has 2 aliphatic heterocycles. The molecule has 2 atom stereocenters. The van der Waals surface area contributed by atoms with Crippen molar-refractivity contribution < 1.29 is 58.6 Å². The Kier molecular flexibility index (Phi) is 11.6. The summed E-state index contributed by atoms with van der Waals surface area (Å²) in [6.45, 7) is 3.48. The van der Waals surface area contributed by atoms with Crippen molar-refractivity contribution in [3.63, 3.8) is 0 Å². The van der Waals surface area contributed by atoms with Crippen molar-refractivity contribution in [1.82, 2.24) is 25.3 Å². The number of benzene rings is 1. The molecule has 0 spiro atoms. The molecule has 4 rings (SSSR count). The predicted molar refractivity (Wildman–Crippen MR) is 149 cm³/mol. The number of anilines is 1. The van der Waals surface area contributed by atoms with Crippen molar-refractivity contribution in [3.8, 4) is 0 Å². The van der Waals surface area contributed by atoms with Gasteiger partial charge in [0, 0.05) is 24.2 Å². The summed E-state index contributed by atoms with van der Waals surface area (Å²) in [5, 5.41) is 25.5. The summed E-state index contributed by atoms with van der Waals surface area (Å²) in [6, 6.07) is 5.04. The molecule has 210 valence electrons. The maximum absolute atomic E-state index is 13.0. The number of urea groups is 1. The maximum atomic E-state index is 13.0. The van der Waals surface area contributed by atoms with E-state index < -0.39 is 41.1 Å². The minimum Gasteiger partial charge on any atom is -0.543 e. The molecule has 41 heavy (non-hydrogen) atoms. The Labute approximate surface area is 270 Å². The van der Waals surface area contributed by atoms with Gasteiger partial charge >= 0.3 is 35.6 Å². The van der Waals surface area contributed by atoms with Gasteiger partial charge in [-0.15, -0.1) is 22.0 Å². The molecular formula is C25H25N6NaO6S3. The van der Waals surface area contributed by atoms with Crippen LogP contribution >= 0.6 is 34.9 Å². The van der Waals surface area contributed by atoms with Crippen LogP contribution < -0.4 is 45.3 Å². The number of rotatable bonds is 9. The van der Waals surface area contributed by atoms with Crippen molar-refractivity contribution in [3.05, 3.63) is 58.3 Å². The quantitative estimate of drug-likeness (QED) is 0.140. The topological polar surface area (TPSA) is 165 Å². The van der Waals surface area contributed by atoms with Crippen LogP contribution in [-0.4, -0.2) is 79.7 Å². The molecule has 1 fully saturated rings. The van der Waals surface area contributed by atoms with Gasteiger partial charge < -0.3 is 20.5 Å². The van der Waals surface area contributed by atoms with Gasteiger partial charge in [-0.3, -0.25) is 24.2 Å².